The quantitative estimate of drug-likeness (QED) is 0.664. The molecule has 27 heavy (non-hydrogen) atoms. The molecule has 4 rings (SSSR count). The molecular weight excluding hydrogens is 361 g/mol. The largest absolute Gasteiger partial charge is 0.351 e. The van der Waals surface area contributed by atoms with Crippen molar-refractivity contribution < 1.29 is 9.18 Å². The smallest absolute Gasteiger partial charge is 0.220 e. The monoisotopic (exact) mass is 385 g/mol. The van der Waals surface area contributed by atoms with Crippen LogP contribution in [-0.2, 0) is 11.3 Å². The van der Waals surface area contributed by atoms with Crippen molar-refractivity contribution in [3.05, 3.63) is 46.9 Å². The zero-order valence-corrected chi connectivity index (χ0v) is 16.3. The standard InChI is InChI=1S/C21H24FN3OS/c1-14-19(12-23-20(26)11-15-5-3-2-4-6-15)27-21-24-18(13-25(14)21)16-7-9-17(22)10-8-16/h7-10,13,15H,2-6,11-12H2,1H3,(H,23,26). The molecule has 6 heteroatoms. The van der Waals surface area contributed by atoms with Gasteiger partial charge in [0.15, 0.2) is 4.96 Å². The van der Waals surface area contributed by atoms with Crippen molar-refractivity contribution in [2.75, 3.05) is 0 Å². The van der Waals surface area contributed by atoms with E-state index in [1.54, 1.807) is 23.5 Å². The first-order valence-electron chi connectivity index (χ1n) is 9.60. The average molecular weight is 386 g/mol. The molecule has 2 aromatic heterocycles. The van der Waals surface area contributed by atoms with Gasteiger partial charge in [-0.3, -0.25) is 9.20 Å². The third-order valence-corrected chi connectivity index (χ3v) is 6.59. The normalized spacial score (nSPS) is 15.3. The Morgan fingerprint density at radius 3 is 2.70 bits per heavy atom. The van der Waals surface area contributed by atoms with Crippen molar-refractivity contribution in [1.29, 1.82) is 0 Å². The molecule has 142 valence electrons. The summed E-state index contributed by atoms with van der Waals surface area (Å²) < 4.78 is 15.2. The second kappa shape index (κ2) is 7.80. The van der Waals surface area contributed by atoms with E-state index in [0.717, 1.165) is 26.8 Å². The fourth-order valence-electron chi connectivity index (χ4n) is 3.82. The molecule has 0 unspecified atom stereocenters. The average Bonchev–Trinajstić information content (AvgIpc) is 3.21. The van der Waals surface area contributed by atoms with E-state index in [1.165, 1.54) is 44.2 Å². The second-order valence-electron chi connectivity index (χ2n) is 7.38. The summed E-state index contributed by atoms with van der Waals surface area (Å²) in [6.07, 6.45) is 8.83. The first-order chi connectivity index (χ1) is 13.1. The van der Waals surface area contributed by atoms with Crippen molar-refractivity contribution in [3.63, 3.8) is 0 Å². The number of carbonyl (C=O) groups is 1. The first-order valence-corrected chi connectivity index (χ1v) is 10.4. The number of hydrogen-bond donors (Lipinski definition) is 1. The lowest BCUT2D eigenvalue weighted by atomic mass is 9.87. The van der Waals surface area contributed by atoms with Crippen LogP contribution in [0, 0.1) is 18.7 Å². The number of benzene rings is 1. The SMILES string of the molecule is Cc1c(CNC(=O)CC2CCCCC2)sc2nc(-c3ccc(F)cc3)cn12. The number of nitrogens with zero attached hydrogens (tertiary/aromatic N) is 2. The molecule has 3 aromatic rings. The highest BCUT2D eigenvalue weighted by Crippen LogP contribution is 2.28. The number of aromatic nitrogens is 2. The zero-order valence-electron chi connectivity index (χ0n) is 15.5. The first kappa shape index (κ1) is 18.2. The van der Waals surface area contributed by atoms with Crippen LogP contribution in [0.15, 0.2) is 30.5 Å². The third-order valence-electron chi connectivity index (χ3n) is 5.44. The predicted molar refractivity (Wildman–Crippen MR) is 106 cm³/mol. The van der Waals surface area contributed by atoms with Gasteiger partial charge in [-0.2, -0.15) is 0 Å². The number of hydrogen-bond acceptors (Lipinski definition) is 3. The van der Waals surface area contributed by atoms with E-state index in [4.69, 9.17) is 0 Å². The lowest BCUT2D eigenvalue weighted by molar-refractivity contribution is -0.122. The maximum Gasteiger partial charge on any atom is 0.220 e. The number of aryl methyl sites for hydroxylation is 1. The predicted octanol–water partition coefficient (Wildman–Crippen LogP) is 5.10. The highest BCUT2D eigenvalue weighted by molar-refractivity contribution is 7.17. The Bertz CT molecular complexity index is 938. The minimum atomic E-state index is -0.248. The van der Waals surface area contributed by atoms with Crippen molar-refractivity contribution in [2.45, 2.75) is 52.0 Å². The molecule has 2 heterocycles. The fraction of sp³-hybridized carbons (Fsp3) is 0.429. The molecule has 0 spiro atoms. The Labute approximate surface area is 162 Å². The molecule has 0 saturated heterocycles. The Kier molecular flexibility index (Phi) is 5.25. The van der Waals surface area contributed by atoms with E-state index >= 15 is 0 Å². The van der Waals surface area contributed by atoms with Gasteiger partial charge in [-0.25, -0.2) is 9.37 Å². The van der Waals surface area contributed by atoms with Crippen LogP contribution in [0.3, 0.4) is 0 Å². The molecule has 0 atom stereocenters. The van der Waals surface area contributed by atoms with Gasteiger partial charge < -0.3 is 5.32 Å². The van der Waals surface area contributed by atoms with Crippen molar-refractivity contribution in [3.8, 4) is 11.3 Å². The van der Waals surface area contributed by atoms with Gasteiger partial charge in [0, 0.05) is 28.8 Å². The van der Waals surface area contributed by atoms with Gasteiger partial charge in [-0.15, -0.1) is 0 Å². The van der Waals surface area contributed by atoms with Crippen molar-refractivity contribution in [1.82, 2.24) is 14.7 Å². The van der Waals surface area contributed by atoms with Crippen molar-refractivity contribution >= 4 is 22.2 Å². The molecule has 0 bridgehead atoms. The van der Waals surface area contributed by atoms with E-state index in [2.05, 4.69) is 10.3 Å². The maximum atomic E-state index is 13.1. The van der Waals surface area contributed by atoms with Crippen LogP contribution < -0.4 is 5.32 Å². The van der Waals surface area contributed by atoms with E-state index in [1.807, 2.05) is 17.5 Å². The van der Waals surface area contributed by atoms with Gasteiger partial charge >= 0.3 is 0 Å². The van der Waals surface area contributed by atoms with Crippen LogP contribution in [0.25, 0.3) is 16.2 Å². The molecule has 1 aliphatic rings. The summed E-state index contributed by atoms with van der Waals surface area (Å²) in [5, 5.41) is 3.08. The van der Waals surface area contributed by atoms with E-state index < -0.39 is 0 Å². The van der Waals surface area contributed by atoms with Crippen LogP contribution >= 0.6 is 11.3 Å². The van der Waals surface area contributed by atoms with Gasteiger partial charge in [0.05, 0.1) is 12.2 Å². The molecule has 1 N–H and O–H groups in total. The molecule has 1 saturated carbocycles. The number of fused-ring (bicyclic) bond motifs is 1. The molecule has 0 radical (unpaired) electrons. The molecule has 1 fully saturated rings. The topological polar surface area (TPSA) is 46.4 Å². The maximum absolute atomic E-state index is 13.1. The lowest BCUT2D eigenvalue weighted by Crippen LogP contribution is -2.25. The number of thiazole rings is 1. The third kappa shape index (κ3) is 4.05. The minimum absolute atomic E-state index is 0.152. The van der Waals surface area contributed by atoms with Gasteiger partial charge in [-0.05, 0) is 49.9 Å². The minimum Gasteiger partial charge on any atom is -0.351 e. The van der Waals surface area contributed by atoms with Gasteiger partial charge in [-0.1, -0.05) is 30.6 Å². The summed E-state index contributed by atoms with van der Waals surface area (Å²) in [4.78, 5) is 18.9. The summed E-state index contributed by atoms with van der Waals surface area (Å²) in [7, 11) is 0. The Morgan fingerprint density at radius 2 is 2.00 bits per heavy atom. The van der Waals surface area contributed by atoms with Gasteiger partial charge in [0.2, 0.25) is 5.91 Å². The Balaban J connectivity index is 1.42. The number of carbonyl (C=O) groups excluding carboxylic acids is 1. The summed E-state index contributed by atoms with van der Waals surface area (Å²) in [6, 6.07) is 6.37. The number of rotatable bonds is 5. The fourth-order valence-corrected chi connectivity index (χ4v) is 4.86. The summed E-state index contributed by atoms with van der Waals surface area (Å²) >= 11 is 1.59. The van der Waals surface area contributed by atoms with Crippen LogP contribution in [0.4, 0.5) is 4.39 Å². The summed E-state index contributed by atoms with van der Waals surface area (Å²) in [5.74, 6) is 0.459. The Morgan fingerprint density at radius 1 is 1.26 bits per heavy atom. The van der Waals surface area contributed by atoms with Crippen LogP contribution in [-0.4, -0.2) is 15.3 Å². The summed E-state index contributed by atoms with van der Waals surface area (Å²) in [5.41, 5.74) is 2.82. The molecule has 1 aliphatic carbocycles. The molecule has 4 nitrogen and oxygen atoms in total. The van der Waals surface area contributed by atoms with Crippen LogP contribution in [0.2, 0.25) is 0 Å². The molecule has 1 amide bonds. The number of nitrogens with one attached hydrogen (secondary N) is 1. The van der Waals surface area contributed by atoms with Crippen LogP contribution in [0.1, 0.15) is 49.1 Å². The zero-order chi connectivity index (χ0) is 18.8. The highest BCUT2D eigenvalue weighted by atomic mass is 32.1. The highest BCUT2D eigenvalue weighted by Gasteiger charge is 2.18. The molecular formula is C21H24FN3OS. The Hall–Kier alpha value is -2.21. The number of halogens is 1. The molecule has 0 aliphatic heterocycles. The van der Waals surface area contributed by atoms with E-state index in [0.29, 0.717) is 18.9 Å². The lowest BCUT2D eigenvalue weighted by Gasteiger charge is -2.20. The second-order valence-corrected chi connectivity index (χ2v) is 8.44. The van der Waals surface area contributed by atoms with Crippen molar-refractivity contribution in [2.24, 2.45) is 5.92 Å². The summed E-state index contributed by atoms with van der Waals surface area (Å²) in [6.45, 7) is 2.60. The van der Waals surface area contributed by atoms with Gasteiger partial charge in [0.25, 0.3) is 0 Å². The van der Waals surface area contributed by atoms with Gasteiger partial charge in [0.1, 0.15) is 5.82 Å². The van der Waals surface area contributed by atoms with E-state index in [9.17, 15) is 9.18 Å². The number of amides is 1. The van der Waals surface area contributed by atoms with Crippen LogP contribution in [0.5, 0.6) is 0 Å². The molecule has 1 aromatic carbocycles. The number of imidazole rings is 1. The van der Waals surface area contributed by atoms with E-state index in [-0.39, 0.29) is 11.7 Å².